The lowest BCUT2D eigenvalue weighted by molar-refractivity contribution is -0.127. The molecule has 1 aliphatic heterocycles. The van der Waals surface area contributed by atoms with Crippen LogP contribution in [0.25, 0.3) is 0 Å². The molecule has 0 saturated carbocycles. The van der Waals surface area contributed by atoms with Crippen LogP contribution in [0.3, 0.4) is 0 Å². The quantitative estimate of drug-likeness (QED) is 0.708. The van der Waals surface area contributed by atoms with Crippen molar-refractivity contribution in [1.29, 1.82) is 0 Å². The van der Waals surface area contributed by atoms with Crippen LogP contribution in [0.2, 0.25) is 0 Å². The zero-order chi connectivity index (χ0) is 20.8. The number of nitrogens with one attached hydrogen (secondary N) is 1. The lowest BCUT2D eigenvalue weighted by Crippen LogP contribution is -2.38. The summed E-state index contributed by atoms with van der Waals surface area (Å²) in [5.74, 6) is 1.43. The molecule has 0 aromatic heterocycles. The molecule has 156 valence electrons. The minimum atomic E-state index is -0.542. The van der Waals surface area contributed by atoms with Crippen LogP contribution in [0.5, 0.6) is 5.75 Å². The lowest BCUT2D eigenvalue weighted by atomic mass is 9.99. The first-order valence-electron chi connectivity index (χ1n) is 10.9. The van der Waals surface area contributed by atoms with Gasteiger partial charge >= 0.3 is 0 Å². The number of anilines is 1. The summed E-state index contributed by atoms with van der Waals surface area (Å²) in [4.78, 5) is 15.1. The fourth-order valence-corrected chi connectivity index (χ4v) is 3.97. The molecule has 0 aliphatic carbocycles. The SMILES string of the molecule is CCc1ccccc1O[C@@H](C)C(=O)N[C@@H](C)c1ccc(N2CCC[C@@H](C)C2)cc1. The second-order valence-corrected chi connectivity index (χ2v) is 8.24. The second-order valence-electron chi connectivity index (χ2n) is 8.24. The maximum Gasteiger partial charge on any atom is 0.261 e. The van der Waals surface area contributed by atoms with E-state index in [1.165, 1.54) is 18.5 Å². The third-order valence-corrected chi connectivity index (χ3v) is 5.80. The van der Waals surface area contributed by atoms with E-state index < -0.39 is 6.10 Å². The standard InChI is InChI=1S/C25H34N2O2/c1-5-21-10-6-7-11-24(21)29-20(4)25(28)26-19(3)22-12-14-23(15-13-22)27-16-8-9-18(2)17-27/h6-7,10-15,18-20H,5,8-9,16-17H2,1-4H3,(H,26,28)/t18-,19+,20+/m1/s1. The minimum Gasteiger partial charge on any atom is -0.481 e. The number of rotatable bonds is 7. The Morgan fingerprint density at radius 1 is 1.17 bits per heavy atom. The van der Waals surface area contributed by atoms with E-state index in [-0.39, 0.29) is 11.9 Å². The highest BCUT2D eigenvalue weighted by molar-refractivity contribution is 5.81. The van der Waals surface area contributed by atoms with Gasteiger partial charge in [-0.15, -0.1) is 0 Å². The lowest BCUT2D eigenvalue weighted by Gasteiger charge is -2.33. The van der Waals surface area contributed by atoms with Crippen molar-refractivity contribution < 1.29 is 9.53 Å². The molecule has 29 heavy (non-hydrogen) atoms. The molecule has 4 nitrogen and oxygen atoms in total. The number of para-hydroxylation sites is 1. The molecule has 2 aromatic rings. The molecule has 1 fully saturated rings. The molecular formula is C25H34N2O2. The van der Waals surface area contributed by atoms with E-state index in [0.717, 1.165) is 42.3 Å². The number of hydrogen-bond donors (Lipinski definition) is 1. The molecule has 0 unspecified atom stereocenters. The molecule has 1 amide bonds. The van der Waals surface area contributed by atoms with Gasteiger partial charge < -0.3 is 15.0 Å². The topological polar surface area (TPSA) is 41.6 Å². The van der Waals surface area contributed by atoms with Gasteiger partial charge in [-0.25, -0.2) is 0 Å². The number of carbonyl (C=O) groups is 1. The molecule has 3 atom stereocenters. The molecule has 1 N–H and O–H groups in total. The van der Waals surface area contributed by atoms with E-state index in [9.17, 15) is 4.79 Å². The van der Waals surface area contributed by atoms with Gasteiger partial charge in [0.1, 0.15) is 5.75 Å². The Balaban J connectivity index is 1.57. The van der Waals surface area contributed by atoms with Gasteiger partial charge in [0, 0.05) is 18.8 Å². The van der Waals surface area contributed by atoms with Crippen LogP contribution in [0.1, 0.15) is 57.7 Å². The van der Waals surface area contributed by atoms with Crippen LogP contribution in [-0.4, -0.2) is 25.1 Å². The average Bonchev–Trinajstić information content (AvgIpc) is 2.74. The van der Waals surface area contributed by atoms with Gasteiger partial charge in [0.05, 0.1) is 6.04 Å². The van der Waals surface area contributed by atoms with Crippen LogP contribution in [-0.2, 0) is 11.2 Å². The maximum atomic E-state index is 12.6. The Bertz CT molecular complexity index is 803. The molecule has 1 aliphatic rings. The molecule has 2 aromatic carbocycles. The van der Waals surface area contributed by atoms with E-state index >= 15 is 0 Å². The van der Waals surface area contributed by atoms with Gasteiger partial charge in [-0.3, -0.25) is 4.79 Å². The number of amides is 1. The van der Waals surface area contributed by atoms with Gasteiger partial charge in [0.25, 0.3) is 5.91 Å². The Labute approximate surface area is 175 Å². The van der Waals surface area contributed by atoms with Crippen LogP contribution in [0.15, 0.2) is 48.5 Å². The number of hydrogen-bond acceptors (Lipinski definition) is 3. The highest BCUT2D eigenvalue weighted by Crippen LogP contribution is 2.25. The molecule has 0 bridgehead atoms. The zero-order valence-electron chi connectivity index (χ0n) is 18.2. The molecule has 3 rings (SSSR count). The van der Waals surface area contributed by atoms with Crippen molar-refractivity contribution in [2.45, 2.75) is 59.1 Å². The highest BCUT2D eigenvalue weighted by Gasteiger charge is 2.20. The largest absolute Gasteiger partial charge is 0.481 e. The third kappa shape index (κ3) is 5.53. The van der Waals surface area contributed by atoms with E-state index in [1.54, 1.807) is 6.92 Å². The summed E-state index contributed by atoms with van der Waals surface area (Å²) in [7, 11) is 0. The summed E-state index contributed by atoms with van der Waals surface area (Å²) >= 11 is 0. The first-order valence-corrected chi connectivity index (χ1v) is 10.9. The van der Waals surface area contributed by atoms with Crippen LogP contribution in [0, 0.1) is 5.92 Å². The summed E-state index contributed by atoms with van der Waals surface area (Å²) in [6.07, 6.45) is 2.91. The first-order chi connectivity index (χ1) is 14.0. The number of nitrogens with zero attached hydrogens (tertiary/aromatic N) is 1. The van der Waals surface area contributed by atoms with E-state index in [2.05, 4.69) is 48.3 Å². The molecular weight excluding hydrogens is 360 g/mol. The van der Waals surface area contributed by atoms with Gasteiger partial charge in [0.2, 0.25) is 0 Å². The Morgan fingerprint density at radius 3 is 2.59 bits per heavy atom. The molecule has 1 saturated heterocycles. The van der Waals surface area contributed by atoms with Crippen LogP contribution < -0.4 is 15.0 Å². The maximum absolute atomic E-state index is 12.6. The molecule has 4 heteroatoms. The van der Waals surface area contributed by atoms with Crippen molar-refractivity contribution >= 4 is 11.6 Å². The number of benzene rings is 2. The zero-order valence-corrected chi connectivity index (χ0v) is 18.2. The third-order valence-electron chi connectivity index (χ3n) is 5.80. The van der Waals surface area contributed by atoms with E-state index in [0.29, 0.717) is 0 Å². The fourth-order valence-electron chi connectivity index (χ4n) is 3.97. The van der Waals surface area contributed by atoms with Crippen molar-refractivity contribution in [3.63, 3.8) is 0 Å². The predicted octanol–water partition coefficient (Wildman–Crippen LogP) is 5.13. The summed E-state index contributed by atoms with van der Waals surface area (Å²) < 4.78 is 5.92. The first kappa shape index (κ1) is 21.2. The smallest absolute Gasteiger partial charge is 0.261 e. The Hall–Kier alpha value is -2.49. The van der Waals surface area contributed by atoms with Crippen molar-refractivity contribution in [3.8, 4) is 5.75 Å². The normalized spacial score (nSPS) is 18.8. The van der Waals surface area contributed by atoms with Gasteiger partial charge in [-0.05, 0) is 68.4 Å². The Morgan fingerprint density at radius 2 is 1.90 bits per heavy atom. The highest BCUT2D eigenvalue weighted by atomic mass is 16.5. The van der Waals surface area contributed by atoms with Crippen molar-refractivity contribution in [2.75, 3.05) is 18.0 Å². The van der Waals surface area contributed by atoms with Gasteiger partial charge in [-0.1, -0.05) is 44.2 Å². The average molecular weight is 395 g/mol. The molecule has 0 spiro atoms. The fraction of sp³-hybridized carbons (Fsp3) is 0.480. The number of piperidine rings is 1. The molecule has 0 radical (unpaired) electrons. The predicted molar refractivity (Wildman–Crippen MR) is 120 cm³/mol. The number of carbonyl (C=O) groups excluding carboxylic acids is 1. The summed E-state index contributed by atoms with van der Waals surface area (Å²) in [6.45, 7) is 10.5. The molecule has 1 heterocycles. The monoisotopic (exact) mass is 394 g/mol. The number of ether oxygens (including phenoxy) is 1. The summed E-state index contributed by atoms with van der Waals surface area (Å²) in [5, 5.41) is 3.08. The summed E-state index contributed by atoms with van der Waals surface area (Å²) in [5.41, 5.74) is 3.49. The van der Waals surface area contributed by atoms with Gasteiger partial charge in [0.15, 0.2) is 6.10 Å². The minimum absolute atomic E-state index is 0.0655. The van der Waals surface area contributed by atoms with Crippen LogP contribution >= 0.6 is 0 Å². The van der Waals surface area contributed by atoms with Crippen molar-refractivity contribution in [1.82, 2.24) is 5.32 Å². The van der Waals surface area contributed by atoms with Crippen LogP contribution in [0.4, 0.5) is 5.69 Å². The van der Waals surface area contributed by atoms with E-state index in [4.69, 9.17) is 4.74 Å². The van der Waals surface area contributed by atoms with E-state index in [1.807, 2.05) is 31.2 Å². The van der Waals surface area contributed by atoms with Crippen molar-refractivity contribution in [3.05, 3.63) is 59.7 Å². The Kier molecular flexibility index (Phi) is 7.18. The summed E-state index contributed by atoms with van der Waals surface area (Å²) in [6, 6.07) is 16.4. The van der Waals surface area contributed by atoms with Gasteiger partial charge in [-0.2, -0.15) is 0 Å². The second kappa shape index (κ2) is 9.82. The van der Waals surface area contributed by atoms with Crippen molar-refractivity contribution in [2.24, 2.45) is 5.92 Å². The number of aryl methyl sites for hydroxylation is 1.